The fraction of sp³-hybridized carbons (Fsp3) is 0.143. The Morgan fingerprint density at radius 2 is 1.96 bits per heavy atom. The van der Waals surface area contributed by atoms with Crippen molar-refractivity contribution in [1.29, 1.82) is 0 Å². The maximum absolute atomic E-state index is 13.5. The summed E-state index contributed by atoms with van der Waals surface area (Å²) >= 11 is 0. The van der Waals surface area contributed by atoms with Crippen LogP contribution in [0.3, 0.4) is 0 Å². The van der Waals surface area contributed by atoms with Gasteiger partial charge in [0, 0.05) is 6.07 Å². The number of amides is 1. The predicted octanol–water partition coefficient (Wildman–Crippen LogP) is 2.38. The molecule has 3 rings (SSSR count). The van der Waals surface area contributed by atoms with Crippen LogP contribution in [0.1, 0.15) is 22.0 Å². The molecule has 24 heavy (non-hydrogen) atoms. The van der Waals surface area contributed by atoms with Crippen molar-refractivity contribution in [3.63, 3.8) is 0 Å². The number of benzene rings is 1. The summed E-state index contributed by atoms with van der Waals surface area (Å²) in [5, 5.41) is 9.61. The van der Waals surface area contributed by atoms with E-state index in [0.29, 0.717) is 17.5 Å². The van der Waals surface area contributed by atoms with Gasteiger partial charge >= 0.3 is 0 Å². The van der Waals surface area contributed by atoms with Gasteiger partial charge < -0.3 is 14.4 Å². The van der Waals surface area contributed by atoms with Crippen molar-refractivity contribution in [1.82, 2.24) is 20.6 Å². The molecule has 0 aliphatic carbocycles. The van der Waals surface area contributed by atoms with E-state index in [-0.39, 0.29) is 18.3 Å². The number of aryl methyl sites for hydroxylation is 1. The lowest BCUT2D eigenvalue weighted by atomic mass is 10.2. The number of aromatic nitrogens is 3. The summed E-state index contributed by atoms with van der Waals surface area (Å²) in [5.41, 5.74) is -0.291. The van der Waals surface area contributed by atoms with Crippen molar-refractivity contribution >= 4 is 5.91 Å². The first-order chi connectivity index (χ1) is 11.5. The van der Waals surface area contributed by atoms with Gasteiger partial charge in [-0.3, -0.25) is 4.79 Å². The highest BCUT2D eigenvalue weighted by Gasteiger charge is 2.19. The van der Waals surface area contributed by atoms with Gasteiger partial charge in [0.1, 0.15) is 5.76 Å². The molecule has 0 aliphatic rings. The lowest BCUT2D eigenvalue weighted by molar-refractivity contribution is 0.0941. The van der Waals surface area contributed by atoms with Gasteiger partial charge in [0.2, 0.25) is 11.7 Å². The first-order valence-corrected chi connectivity index (χ1v) is 6.63. The Bertz CT molecular complexity index is 907. The van der Waals surface area contributed by atoms with Crippen LogP contribution in [0.15, 0.2) is 27.2 Å². The minimum absolute atomic E-state index is 0.0157. The van der Waals surface area contributed by atoms with Gasteiger partial charge in [0.05, 0.1) is 12.1 Å². The summed E-state index contributed by atoms with van der Waals surface area (Å²) in [6.45, 7) is 1.45. The third kappa shape index (κ3) is 2.98. The fourth-order valence-corrected chi connectivity index (χ4v) is 1.85. The molecule has 0 aliphatic heterocycles. The van der Waals surface area contributed by atoms with Crippen LogP contribution in [0.2, 0.25) is 0 Å². The summed E-state index contributed by atoms with van der Waals surface area (Å²) in [6, 6.07) is 3.08. The average molecular weight is 338 g/mol. The van der Waals surface area contributed by atoms with E-state index in [1.54, 1.807) is 13.0 Å². The van der Waals surface area contributed by atoms with Crippen LogP contribution in [0.25, 0.3) is 11.5 Å². The van der Waals surface area contributed by atoms with E-state index < -0.39 is 28.9 Å². The predicted molar refractivity (Wildman–Crippen MR) is 72.0 cm³/mol. The molecule has 7 nitrogen and oxygen atoms in total. The minimum Gasteiger partial charge on any atom is -0.361 e. The number of carbonyl (C=O) groups is 1. The lowest BCUT2D eigenvalue weighted by Gasteiger charge is -2.04. The Hall–Kier alpha value is -3.17. The Morgan fingerprint density at radius 3 is 2.67 bits per heavy atom. The molecule has 1 N–H and O–H groups in total. The molecule has 124 valence electrons. The second-order valence-corrected chi connectivity index (χ2v) is 4.74. The standard InChI is InChI=1S/C14H9F3N4O3/c1-6-4-9(20-23-6)13-19-10(24-21-13)5-18-14(22)7-2-3-8(15)12(17)11(7)16/h2-4H,5H2,1H3,(H,18,22). The molecular weight excluding hydrogens is 329 g/mol. The van der Waals surface area contributed by atoms with Crippen molar-refractivity contribution < 1.29 is 27.0 Å². The summed E-state index contributed by atoms with van der Waals surface area (Å²) in [7, 11) is 0. The second kappa shape index (κ2) is 6.14. The van der Waals surface area contributed by atoms with Crippen molar-refractivity contribution in [3.8, 4) is 11.5 Å². The number of halogens is 3. The zero-order valence-corrected chi connectivity index (χ0v) is 12.1. The highest BCUT2D eigenvalue weighted by atomic mass is 19.2. The molecule has 0 fully saturated rings. The largest absolute Gasteiger partial charge is 0.361 e. The number of hydrogen-bond donors (Lipinski definition) is 1. The normalized spacial score (nSPS) is 10.8. The van der Waals surface area contributed by atoms with Gasteiger partial charge in [0.25, 0.3) is 5.91 Å². The van der Waals surface area contributed by atoms with Crippen LogP contribution in [0.4, 0.5) is 13.2 Å². The zero-order valence-electron chi connectivity index (χ0n) is 12.1. The molecule has 0 atom stereocenters. The Kier molecular flexibility index (Phi) is 4.02. The van der Waals surface area contributed by atoms with E-state index in [1.165, 1.54) is 0 Å². The molecule has 0 unspecified atom stereocenters. The number of nitrogens with one attached hydrogen (secondary N) is 1. The SMILES string of the molecule is Cc1cc(-c2noc(CNC(=O)c3ccc(F)c(F)c3F)n2)no1. The first-order valence-electron chi connectivity index (χ1n) is 6.63. The molecule has 0 saturated heterocycles. The smallest absolute Gasteiger partial charge is 0.254 e. The Balaban J connectivity index is 1.69. The molecular formula is C14H9F3N4O3. The van der Waals surface area contributed by atoms with E-state index in [1.807, 2.05) is 0 Å². The van der Waals surface area contributed by atoms with Crippen LogP contribution >= 0.6 is 0 Å². The van der Waals surface area contributed by atoms with Crippen molar-refractivity contribution in [2.75, 3.05) is 0 Å². The minimum atomic E-state index is -1.72. The van der Waals surface area contributed by atoms with E-state index >= 15 is 0 Å². The lowest BCUT2D eigenvalue weighted by Crippen LogP contribution is -2.24. The third-order valence-electron chi connectivity index (χ3n) is 3.01. The molecule has 1 aromatic carbocycles. The van der Waals surface area contributed by atoms with Gasteiger partial charge in [-0.1, -0.05) is 10.3 Å². The molecule has 0 bridgehead atoms. The monoisotopic (exact) mass is 338 g/mol. The Labute approximate surface area is 132 Å². The summed E-state index contributed by atoms with van der Waals surface area (Å²) in [6.07, 6.45) is 0. The van der Waals surface area contributed by atoms with Crippen molar-refractivity contribution in [2.45, 2.75) is 13.5 Å². The van der Waals surface area contributed by atoms with E-state index in [4.69, 9.17) is 9.05 Å². The van der Waals surface area contributed by atoms with Crippen LogP contribution in [0.5, 0.6) is 0 Å². The maximum atomic E-state index is 13.5. The van der Waals surface area contributed by atoms with Crippen LogP contribution in [-0.4, -0.2) is 21.2 Å². The number of rotatable bonds is 4. The highest BCUT2D eigenvalue weighted by Crippen LogP contribution is 2.16. The summed E-state index contributed by atoms with van der Waals surface area (Å²) in [4.78, 5) is 15.8. The number of hydrogen-bond acceptors (Lipinski definition) is 6. The van der Waals surface area contributed by atoms with Crippen molar-refractivity contribution in [3.05, 3.63) is 52.9 Å². The average Bonchev–Trinajstić information content (AvgIpc) is 3.19. The maximum Gasteiger partial charge on any atom is 0.254 e. The van der Waals surface area contributed by atoms with Gasteiger partial charge in [-0.15, -0.1) is 0 Å². The Morgan fingerprint density at radius 1 is 1.17 bits per heavy atom. The quantitative estimate of drug-likeness (QED) is 0.734. The van der Waals surface area contributed by atoms with E-state index in [9.17, 15) is 18.0 Å². The molecule has 10 heteroatoms. The van der Waals surface area contributed by atoms with Crippen molar-refractivity contribution in [2.24, 2.45) is 0 Å². The first kappa shape index (κ1) is 15.7. The summed E-state index contributed by atoms with van der Waals surface area (Å²) in [5.74, 6) is -4.91. The van der Waals surface area contributed by atoms with Crippen LogP contribution in [0, 0.1) is 24.4 Å². The molecule has 2 aromatic heterocycles. The van der Waals surface area contributed by atoms with E-state index in [2.05, 4.69) is 20.6 Å². The van der Waals surface area contributed by atoms with Gasteiger partial charge in [-0.2, -0.15) is 4.98 Å². The topological polar surface area (TPSA) is 94.1 Å². The second-order valence-electron chi connectivity index (χ2n) is 4.74. The van der Waals surface area contributed by atoms with E-state index in [0.717, 1.165) is 6.07 Å². The van der Waals surface area contributed by atoms with Gasteiger partial charge in [0.15, 0.2) is 23.1 Å². The molecule has 0 radical (unpaired) electrons. The number of carbonyl (C=O) groups excluding carboxylic acids is 1. The summed E-state index contributed by atoms with van der Waals surface area (Å²) < 4.78 is 49.3. The number of nitrogens with zero attached hydrogens (tertiary/aromatic N) is 3. The van der Waals surface area contributed by atoms with Crippen LogP contribution < -0.4 is 5.32 Å². The molecule has 1 amide bonds. The molecule has 3 aromatic rings. The van der Waals surface area contributed by atoms with Gasteiger partial charge in [-0.25, -0.2) is 13.2 Å². The third-order valence-corrected chi connectivity index (χ3v) is 3.01. The molecule has 2 heterocycles. The highest BCUT2D eigenvalue weighted by molar-refractivity contribution is 5.94. The molecule has 0 spiro atoms. The molecule has 0 saturated carbocycles. The zero-order chi connectivity index (χ0) is 17.3. The van der Waals surface area contributed by atoms with Gasteiger partial charge in [-0.05, 0) is 19.1 Å². The van der Waals surface area contributed by atoms with Crippen LogP contribution in [-0.2, 0) is 6.54 Å². The fourth-order valence-electron chi connectivity index (χ4n) is 1.85.